The highest BCUT2D eigenvalue weighted by Gasteiger charge is 2.16. The summed E-state index contributed by atoms with van der Waals surface area (Å²) in [6.07, 6.45) is 1.89. The van der Waals surface area contributed by atoms with Gasteiger partial charge in [0.2, 0.25) is 0 Å². The van der Waals surface area contributed by atoms with Crippen LogP contribution in [0.1, 0.15) is 36.8 Å². The van der Waals surface area contributed by atoms with Crippen LogP contribution in [0.5, 0.6) is 5.75 Å². The van der Waals surface area contributed by atoms with Gasteiger partial charge < -0.3 is 10.1 Å². The molecule has 1 N–H and O–H groups in total. The number of aromatic nitrogens is 2. The average molecular weight is 287 g/mol. The van der Waals surface area contributed by atoms with Crippen molar-refractivity contribution in [3.8, 4) is 5.75 Å². The third-order valence-electron chi connectivity index (χ3n) is 3.71. The van der Waals surface area contributed by atoms with Crippen LogP contribution in [-0.2, 0) is 19.9 Å². The molecular weight excluding hydrogens is 262 g/mol. The Hall–Kier alpha value is -1.81. The van der Waals surface area contributed by atoms with Gasteiger partial charge in [-0.3, -0.25) is 4.68 Å². The molecule has 0 aliphatic heterocycles. The second-order valence-corrected chi connectivity index (χ2v) is 5.20. The Bertz CT molecular complexity index is 577. The number of hydrogen-bond donors (Lipinski definition) is 1. The van der Waals surface area contributed by atoms with Gasteiger partial charge in [0.15, 0.2) is 0 Å². The van der Waals surface area contributed by atoms with Crippen molar-refractivity contribution in [3.05, 3.63) is 47.3 Å². The maximum atomic E-state index is 5.31. The van der Waals surface area contributed by atoms with E-state index in [9.17, 15) is 0 Å². The van der Waals surface area contributed by atoms with Crippen LogP contribution < -0.4 is 10.1 Å². The molecule has 2 rings (SSSR count). The highest BCUT2D eigenvalue weighted by atomic mass is 16.5. The van der Waals surface area contributed by atoms with Gasteiger partial charge in [-0.1, -0.05) is 26.0 Å². The maximum Gasteiger partial charge on any atom is 0.119 e. The number of nitrogens with zero attached hydrogens (tertiary/aromatic N) is 2. The number of ether oxygens (including phenoxy) is 1. The monoisotopic (exact) mass is 287 g/mol. The number of hydrogen-bond acceptors (Lipinski definition) is 3. The first-order valence-electron chi connectivity index (χ1n) is 7.57. The van der Waals surface area contributed by atoms with Gasteiger partial charge >= 0.3 is 0 Å². The van der Waals surface area contributed by atoms with E-state index >= 15 is 0 Å². The first-order chi connectivity index (χ1) is 10.2. The molecule has 1 aromatic heterocycles. The normalized spacial score (nSPS) is 12.4. The highest BCUT2D eigenvalue weighted by molar-refractivity contribution is 5.30. The molecule has 0 bridgehead atoms. The van der Waals surface area contributed by atoms with Crippen LogP contribution in [0, 0.1) is 0 Å². The number of rotatable bonds is 7. The summed E-state index contributed by atoms with van der Waals surface area (Å²) in [5.74, 6) is 0.905. The molecule has 0 fully saturated rings. The fourth-order valence-electron chi connectivity index (χ4n) is 2.61. The Labute approximate surface area is 127 Å². The van der Waals surface area contributed by atoms with Gasteiger partial charge in [-0.15, -0.1) is 0 Å². The lowest BCUT2D eigenvalue weighted by atomic mass is 10.0. The van der Waals surface area contributed by atoms with Crippen LogP contribution in [0.3, 0.4) is 0 Å². The molecule has 0 amide bonds. The molecule has 0 aliphatic rings. The maximum absolute atomic E-state index is 5.31. The molecule has 4 nitrogen and oxygen atoms in total. The number of nitrogens with one attached hydrogen (secondary N) is 1. The first kappa shape index (κ1) is 15.6. The van der Waals surface area contributed by atoms with Crippen LogP contribution >= 0.6 is 0 Å². The Balaban J connectivity index is 2.23. The molecule has 0 aliphatic carbocycles. The predicted molar refractivity (Wildman–Crippen MR) is 85.7 cm³/mol. The van der Waals surface area contributed by atoms with Crippen molar-refractivity contribution >= 4 is 0 Å². The number of methoxy groups -OCH3 is 1. The minimum absolute atomic E-state index is 0.264. The van der Waals surface area contributed by atoms with Crippen LogP contribution in [-0.4, -0.2) is 23.4 Å². The van der Waals surface area contributed by atoms with E-state index < -0.39 is 0 Å². The van der Waals surface area contributed by atoms with Crippen LogP contribution in [0.25, 0.3) is 0 Å². The van der Waals surface area contributed by atoms with Crippen LogP contribution in [0.4, 0.5) is 0 Å². The van der Waals surface area contributed by atoms with Crippen molar-refractivity contribution in [1.29, 1.82) is 0 Å². The molecule has 4 heteroatoms. The van der Waals surface area contributed by atoms with Gasteiger partial charge in [-0.25, -0.2) is 0 Å². The second-order valence-electron chi connectivity index (χ2n) is 5.20. The number of likely N-dealkylation sites (N-methyl/N-ethyl adjacent to an activating group) is 1. The average Bonchev–Trinajstić information content (AvgIpc) is 2.88. The summed E-state index contributed by atoms with van der Waals surface area (Å²) in [7, 11) is 3.72. The summed E-state index contributed by atoms with van der Waals surface area (Å²) in [5, 5.41) is 8.12. The largest absolute Gasteiger partial charge is 0.497 e. The lowest BCUT2D eigenvalue weighted by Gasteiger charge is -2.18. The minimum Gasteiger partial charge on any atom is -0.497 e. The van der Waals surface area contributed by atoms with Gasteiger partial charge in [0.25, 0.3) is 0 Å². The molecule has 1 aromatic carbocycles. The van der Waals surface area contributed by atoms with E-state index in [0.717, 1.165) is 30.8 Å². The second kappa shape index (κ2) is 7.27. The summed E-state index contributed by atoms with van der Waals surface area (Å²) in [5.41, 5.74) is 3.64. The van der Waals surface area contributed by atoms with Crippen molar-refractivity contribution in [3.63, 3.8) is 0 Å². The Morgan fingerprint density at radius 2 is 2.10 bits per heavy atom. The van der Waals surface area contributed by atoms with Crippen molar-refractivity contribution in [2.75, 3.05) is 13.7 Å². The lowest BCUT2D eigenvalue weighted by molar-refractivity contribution is 0.413. The molecule has 1 atom stereocenters. The fourth-order valence-corrected chi connectivity index (χ4v) is 2.61. The van der Waals surface area contributed by atoms with E-state index in [0.29, 0.717) is 0 Å². The zero-order valence-corrected chi connectivity index (χ0v) is 13.4. The van der Waals surface area contributed by atoms with E-state index in [1.807, 2.05) is 23.9 Å². The van der Waals surface area contributed by atoms with Gasteiger partial charge in [0, 0.05) is 7.05 Å². The molecule has 114 valence electrons. The van der Waals surface area contributed by atoms with Gasteiger partial charge in [0.05, 0.1) is 24.5 Å². The van der Waals surface area contributed by atoms with Gasteiger partial charge in [-0.05, 0) is 43.1 Å². The van der Waals surface area contributed by atoms with Gasteiger partial charge in [0.1, 0.15) is 5.75 Å². The van der Waals surface area contributed by atoms with Gasteiger partial charge in [-0.2, -0.15) is 5.10 Å². The Kier molecular flexibility index (Phi) is 5.39. The quantitative estimate of drug-likeness (QED) is 0.851. The SMILES string of the molecule is CCNC(Cc1cccc(OC)c1)c1cc(CC)nn1C. The molecule has 0 saturated carbocycles. The molecule has 0 radical (unpaired) electrons. The van der Waals surface area contributed by atoms with Crippen molar-refractivity contribution < 1.29 is 4.74 Å². The number of aryl methyl sites for hydroxylation is 2. The highest BCUT2D eigenvalue weighted by Crippen LogP contribution is 2.22. The van der Waals surface area contributed by atoms with Crippen LogP contribution in [0.2, 0.25) is 0 Å². The lowest BCUT2D eigenvalue weighted by Crippen LogP contribution is -2.25. The van der Waals surface area contributed by atoms with E-state index in [1.165, 1.54) is 11.3 Å². The fraction of sp³-hybridized carbons (Fsp3) is 0.471. The minimum atomic E-state index is 0.264. The number of benzene rings is 1. The molecule has 0 saturated heterocycles. The summed E-state index contributed by atoms with van der Waals surface area (Å²) < 4.78 is 7.30. The van der Waals surface area contributed by atoms with Crippen molar-refractivity contribution in [2.24, 2.45) is 7.05 Å². The van der Waals surface area contributed by atoms with Crippen molar-refractivity contribution in [2.45, 2.75) is 32.7 Å². The Morgan fingerprint density at radius 1 is 1.29 bits per heavy atom. The topological polar surface area (TPSA) is 39.1 Å². The van der Waals surface area contributed by atoms with E-state index in [2.05, 4.69) is 42.5 Å². The van der Waals surface area contributed by atoms with Crippen LogP contribution in [0.15, 0.2) is 30.3 Å². The van der Waals surface area contributed by atoms with E-state index in [1.54, 1.807) is 7.11 Å². The molecule has 21 heavy (non-hydrogen) atoms. The molecule has 1 unspecified atom stereocenters. The smallest absolute Gasteiger partial charge is 0.119 e. The van der Waals surface area contributed by atoms with E-state index in [-0.39, 0.29) is 6.04 Å². The summed E-state index contributed by atoms with van der Waals surface area (Å²) in [4.78, 5) is 0. The molecule has 2 aromatic rings. The zero-order valence-electron chi connectivity index (χ0n) is 13.4. The standard InChI is InChI=1S/C17H25N3O/c1-5-14-12-17(20(3)19-14)16(18-6-2)11-13-8-7-9-15(10-13)21-4/h7-10,12,16,18H,5-6,11H2,1-4H3. The Morgan fingerprint density at radius 3 is 2.71 bits per heavy atom. The summed E-state index contributed by atoms with van der Waals surface area (Å²) >= 11 is 0. The summed E-state index contributed by atoms with van der Waals surface area (Å²) in [6, 6.07) is 10.7. The predicted octanol–water partition coefficient (Wildman–Crippen LogP) is 2.88. The zero-order chi connectivity index (χ0) is 15.2. The third kappa shape index (κ3) is 3.85. The molecule has 0 spiro atoms. The third-order valence-corrected chi connectivity index (χ3v) is 3.71. The van der Waals surface area contributed by atoms with Crippen molar-refractivity contribution in [1.82, 2.24) is 15.1 Å². The first-order valence-corrected chi connectivity index (χ1v) is 7.57. The molecular formula is C17H25N3O. The van der Waals surface area contributed by atoms with E-state index in [4.69, 9.17) is 4.74 Å². The molecule has 1 heterocycles. The summed E-state index contributed by atoms with van der Waals surface area (Å²) in [6.45, 7) is 5.20.